The lowest BCUT2D eigenvalue weighted by atomic mass is 9.90. The summed E-state index contributed by atoms with van der Waals surface area (Å²) in [6.07, 6.45) is 2.32. The van der Waals surface area contributed by atoms with Crippen LogP contribution in [-0.2, 0) is 12.8 Å². The quantitative estimate of drug-likeness (QED) is 0.807. The van der Waals surface area contributed by atoms with Gasteiger partial charge in [-0.1, -0.05) is 54.6 Å². The van der Waals surface area contributed by atoms with Gasteiger partial charge < -0.3 is 4.90 Å². The minimum absolute atomic E-state index is 0.619. The number of rotatable bonds is 3. The van der Waals surface area contributed by atoms with E-state index in [4.69, 9.17) is 0 Å². The molecule has 2 atom stereocenters. The number of fused-ring (bicyclic) bond motifs is 1. The highest BCUT2D eigenvalue weighted by molar-refractivity contribution is 5.39. The van der Waals surface area contributed by atoms with E-state index in [0.29, 0.717) is 12.0 Å². The second-order valence-corrected chi connectivity index (χ2v) is 5.73. The van der Waals surface area contributed by atoms with Crippen molar-refractivity contribution in [1.29, 1.82) is 0 Å². The van der Waals surface area contributed by atoms with Gasteiger partial charge in [0.2, 0.25) is 0 Å². The van der Waals surface area contributed by atoms with Crippen molar-refractivity contribution in [2.45, 2.75) is 24.8 Å². The summed E-state index contributed by atoms with van der Waals surface area (Å²) in [5, 5.41) is 0. The molecule has 1 aliphatic rings. The number of hydrogen-bond acceptors (Lipinski definition) is 1. The fourth-order valence-corrected chi connectivity index (χ4v) is 3.31. The first-order chi connectivity index (χ1) is 9.25. The van der Waals surface area contributed by atoms with Crippen LogP contribution in [0.1, 0.15) is 22.6 Å². The Bertz CT molecular complexity index is 545. The molecule has 0 fully saturated rings. The Kier molecular flexibility index (Phi) is 3.39. The van der Waals surface area contributed by atoms with Gasteiger partial charge in [0, 0.05) is 12.0 Å². The Labute approximate surface area is 115 Å². The first-order valence-electron chi connectivity index (χ1n) is 7.04. The molecule has 0 bridgehead atoms. The van der Waals surface area contributed by atoms with Crippen LogP contribution >= 0.6 is 0 Å². The van der Waals surface area contributed by atoms with Gasteiger partial charge in [0.1, 0.15) is 0 Å². The topological polar surface area (TPSA) is 3.24 Å². The summed E-state index contributed by atoms with van der Waals surface area (Å²) < 4.78 is 0. The van der Waals surface area contributed by atoms with Gasteiger partial charge in [-0.2, -0.15) is 0 Å². The summed E-state index contributed by atoms with van der Waals surface area (Å²) in [6.45, 7) is 0. The van der Waals surface area contributed by atoms with E-state index in [1.165, 1.54) is 17.5 Å². The third-order valence-electron chi connectivity index (χ3n) is 4.31. The average Bonchev–Trinajstić information content (AvgIpc) is 2.79. The van der Waals surface area contributed by atoms with Crippen molar-refractivity contribution in [1.82, 2.24) is 4.90 Å². The van der Waals surface area contributed by atoms with Crippen molar-refractivity contribution >= 4 is 0 Å². The lowest BCUT2D eigenvalue weighted by Crippen LogP contribution is -2.32. The zero-order chi connectivity index (χ0) is 13.2. The predicted molar refractivity (Wildman–Crippen MR) is 80.5 cm³/mol. The maximum absolute atomic E-state index is 2.38. The molecule has 0 radical (unpaired) electrons. The van der Waals surface area contributed by atoms with Crippen molar-refractivity contribution in [3.8, 4) is 0 Å². The molecule has 0 spiro atoms. The molecule has 1 nitrogen and oxygen atoms in total. The summed E-state index contributed by atoms with van der Waals surface area (Å²) in [6, 6.07) is 20.4. The molecule has 0 aromatic heterocycles. The monoisotopic (exact) mass is 251 g/mol. The molecule has 2 unspecified atom stereocenters. The van der Waals surface area contributed by atoms with Crippen LogP contribution in [0.15, 0.2) is 54.6 Å². The number of nitrogens with zero attached hydrogens (tertiary/aromatic N) is 1. The van der Waals surface area contributed by atoms with E-state index in [1.807, 2.05) is 0 Å². The minimum Gasteiger partial charge on any atom is -0.305 e. The molecule has 3 rings (SSSR count). The van der Waals surface area contributed by atoms with E-state index in [-0.39, 0.29) is 0 Å². The smallest absolute Gasteiger partial charge is 0.0202 e. The molecule has 0 aliphatic heterocycles. The van der Waals surface area contributed by atoms with Crippen LogP contribution in [0.4, 0.5) is 0 Å². The molecular formula is C18H21N. The van der Waals surface area contributed by atoms with Gasteiger partial charge in [-0.15, -0.1) is 0 Å². The van der Waals surface area contributed by atoms with Crippen LogP contribution in [0.5, 0.6) is 0 Å². The molecular weight excluding hydrogens is 230 g/mol. The van der Waals surface area contributed by atoms with Crippen LogP contribution in [0.3, 0.4) is 0 Å². The summed E-state index contributed by atoms with van der Waals surface area (Å²) >= 11 is 0. The SMILES string of the molecule is CN(C)C1Cc2ccccc2C1Cc1ccccc1. The third-order valence-corrected chi connectivity index (χ3v) is 4.31. The summed E-state index contributed by atoms with van der Waals surface area (Å²) in [5.41, 5.74) is 4.52. The molecule has 0 heterocycles. The maximum atomic E-state index is 2.38. The van der Waals surface area contributed by atoms with E-state index in [2.05, 4.69) is 73.6 Å². The van der Waals surface area contributed by atoms with E-state index >= 15 is 0 Å². The fourth-order valence-electron chi connectivity index (χ4n) is 3.31. The summed E-state index contributed by atoms with van der Waals surface area (Å²) in [7, 11) is 4.41. The first kappa shape index (κ1) is 12.4. The zero-order valence-corrected chi connectivity index (χ0v) is 11.7. The van der Waals surface area contributed by atoms with E-state index in [0.717, 1.165) is 6.42 Å². The van der Waals surface area contributed by atoms with Gasteiger partial charge in [0.25, 0.3) is 0 Å². The second-order valence-electron chi connectivity index (χ2n) is 5.73. The van der Waals surface area contributed by atoms with Gasteiger partial charge in [0.05, 0.1) is 0 Å². The third kappa shape index (κ3) is 2.43. The van der Waals surface area contributed by atoms with Gasteiger partial charge >= 0.3 is 0 Å². The van der Waals surface area contributed by atoms with Gasteiger partial charge in [0.15, 0.2) is 0 Å². The minimum atomic E-state index is 0.619. The first-order valence-corrected chi connectivity index (χ1v) is 7.04. The average molecular weight is 251 g/mol. The zero-order valence-electron chi connectivity index (χ0n) is 11.7. The molecule has 1 heteroatoms. The number of benzene rings is 2. The van der Waals surface area contributed by atoms with Crippen LogP contribution < -0.4 is 0 Å². The molecule has 0 amide bonds. The Hall–Kier alpha value is -1.60. The van der Waals surface area contributed by atoms with Crippen molar-refractivity contribution in [2.24, 2.45) is 0 Å². The van der Waals surface area contributed by atoms with Crippen LogP contribution in [0, 0.1) is 0 Å². The standard InChI is InChI=1S/C18H21N/c1-19(2)18-13-15-10-6-7-11-16(15)17(18)12-14-8-4-3-5-9-14/h3-11,17-18H,12-13H2,1-2H3. The molecule has 0 N–H and O–H groups in total. The molecule has 0 saturated heterocycles. The van der Waals surface area contributed by atoms with Crippen molar-refractivity contribution in [3.05, 3.63) is 71.3 Å². The molecule has 19 heavy (non-hydrogen) atoms. The Morgan fingerprint density at radius 1 is 0.947 bits per heavy atom. The number of hydrogen-bond donors (Lipinski definition) is 0. The Balaban J connectivity index is 1.92. The fraction of sp³-hybridized carbons (Fsp3) is 0.333. The highest BCUT2D eigenvalue weighted by Gasteiger charge is 2.33. The summed E-state index contributed by atoms with van der Waals surface area (Å²) in [4.78, 5) is 2.38. The molecule has 98 valence electrons. The molecule has 2 aromatic rings. The highest BCUT2D eigenvalue weighted by atomic mass is 15.1. The molecule has 2 aromatic carbocycles. The maximum Gasteiger partial charge on any atom is 0.0202 e. The largest absolute Gasteiger partial charge is 0.305 e. The van der Waals surface area contributed by atoms with E-state index in [1.54, 1.807) is 5.56 Å². The highest BCUT2D eigenvalue weighted by Crippen LogP contribution is 2.37. The lowest BCUT2D eigenvalue weighted by molar-refractivity contribution is 0.265. The lowest BCUT2D eigenvalue weighted by Gasteiger charge is -2.27. The Morgan fingerprint density at radius 2 is 1.63 bits per heavy atom. The molecule has 0 saturated carbocycles. The van der Waals surface area contributed by atoms with Gasteiger partial charge in [-0.3, -0.25) is 0 Å². The normalized spacial score (nSPS) is 21.6. The number of likely N-dealkylation sites (N-methyl/N-ethyl adjacent to an activating group) is 1. The van der Waals surface area contributed by atoms with Gasteiger partial charge in [-0.25, -0.2) is 0 Å². The van der Waals surface area contributed by atoms with Crippen LogP contribution in [0.25, 0.3) is 0 Å². The van der Waals surface area contributed by atoms with Crippen molar-refractivity contribution in [3.63, 3.8) is 0 Å². The second kappa shape index (κ2) is 5.18. The van der Waals surface area contributed by atoms with Gasteiger partial charge in [-0.05, 0) is 43.6 Å². The molecule has 1 aliphatic carbocycles. The summed E-state index contributed by atoms with van der Waals surface area (Å²) in [5.74, 6) is 0.619. The van der Waals surface area contributed by atoms with E-state index in [9.17, 15) is 0 Å². The van der Waals surface area contributed by atoms with Crippen LogP contribution in [-0.4, -0.2) is 25.0 Å². The van der Waals surface area contributed by atoms with Crippen LogP contribution in [0.2, 0.25) is 0 Å². The van der Waals surface area contributed by atoms with Crippen molar-refractivity contribution < 1.29 is 0 Å². The predicted octanol–water partition coefficient (Wildman–Crippen LogP) is 3.50. The Morgan fingerprint density at radius 3 is 2.37 bits per heavy atom. The van der Waals surface area contributed by atoms with E-state index < -0.39 is 0 Å². The van der Waals surface area contributed by atoms with Crippen molar-refractivity contribution in [2.75, 3.05) is 14.1 Å².